The lowest BCUT2D eigenvalue weighted by molar-refractivity contribution is -0.139. The second kappa shape index (κ2) is 8.70. The monoisotopic (exact) mass is 357 g/mol. The lowest BCUT2D eigenvalue weighted by Gasteiger charge is -2.30. The summed E-state index contributed by atoms with van der Waals surface area (Å²) in [6.07, 6.45) is 0.922. The van der Waals surface area contributed by atoms with Gasteiger partial charge in [-0.3, -0.25) is 0 Å². The van der Waals surface area contributed by atoms with Gasteiger partial charge in [-0.2, -0.15) is 0 Å². The molecule has 0 spiro atoms. The second-order valence-electron chi connectivity index (χ2n) is 6.17. The van der Waals surface area contributed by atoms with Crippen LogP contribution in [0.25, 0.3) is 0 Å². The minimum absolute atomic E-state index is 0.272. The molecule has 1 aromatic carbocycles. The van der Waals surface area contributed by atoms with Crippen molar-refractivity contribution >= 4 is 11.9 Å². The number of benzene rings is 1. The zero-order valence-electron chi connectivity index (χ0n) is 16.1. The van der Waals surface area contributed by atoms with Gasteiger partial charge in [0.25, 0.3) is 0 Å². The van der Waals surface area contributed by atoms with Gasteiger partial charge in [0.1, 0.15) is 0 Å². The molecule has 0 saturated heterocycles. The summed E-state index contributed by atoms with van der Waals surface area (Å²) in [5.41, 5.74) is 4.35. The van der Waals surface area contributed by atoms with Crippen LogP contribution in [0.4, 0.5) is 0 Å². The number of aryl methyl sites for hydroxylation is 1. The first-order valence-corrected chi connectivity index (χ1v) is 9.06. The van der Waals surface area contributed by atoms with Crippen molar-refractivity contribution in [3.05, 3.63) is 57.9 Å². The quantitative estimate of drug-likeness (QED) is 0.788. The van der Waals surface area contributed by atoms with Crippen LogP contribution in [0.15, 0.2) is 46.8 Å². The third-order valence-electron chi connectivity index (χ3n) is 4.47. The Hall–Kier alpha value is -2.56. The Balaban J connectivity index is 2.60. The topological polar surface area (TPSA) is 64.6 Å². The van der Waals surface area contributed by atoms with E-state index in [1.165, 1.54) is 5.56 Å². The van der Waals surface area contributed by atoms with Crippen LogP contribution >= 0.6 is 0 Å². The lowest BCUT2D eigenvalue weighted by Crippen LogP contribution is -2.32. The molecule has 5 heteroatoms. The van der Waals surface area contributed by atoms with Gasteiger partial charge in [0, 0.05) is 11.4 Å². The number of allylic oxidation sites excluding steroid dienone is 2. The molecule has 1 aliphatic rings. The van der Waals surface area contributed by atoms with E-state index in [2.05, 4.69) is 12.2 Å². The fraction of sp³-hybridized carbons (Fsp3) is 0.429. The van der Waals surface area contributed by atoms with Crippen molar-refractivity contribution in [2.45, 2.75) is 47.0 Å². The first-order chi connectivity index (χ1) is 12.4. The van der Waals surface area contributed by atoms with Crippen molar-refractivity contribution in [2.75, 3.05) is 13.2 Å². The summed E-state index contributed by atoms with van der Waals surface area (Å²) < 4.78 is 10.5. The predicted molar refractivity (Wildman–Crippen MR) is 100 cm³/mol. The summed E-state index contributed by atoms with van der Waals surface area (Å²) in [6, 6.07) is 7.98. The highest BCUT2D eigenvalue weighted by Gasteiger charge is 2.37. The standard InChI is InChI=1S/C21H27NO4/c1-6-15-9-11-16(12-10-15)19-17(20(23)25-7-2)13(4)22-14(5)18(19)21(24)26-8-3/h9-12,19,22H,6-8H2,1-5H3. The Morgan fingerprint density at radius 2 is 1.35 bits per heavy atom. The zero-order chi connectivity index (χ0) is 19.3. The molecule has 140 valence electrons. The highest BCUT2D eigenvalue weighted by Crippen LogP contribution is 2.39. The van der Waals surface area contributed by atoms with Crippen LogP contribution in [-0.4, -0.2) is 25.2 Å². The van der Waals surface area contributed by atoms with Gasteiger partial charge in [0.05, 0.1) is 30.3 Å². The maximum absolute atomic E-state index is 12.7. The van der Waals surface area contributed by atoms with Gasteiger partial charge < -0.3 is 14.8 Å². The summed E-state index contributed by atoms with van der Waals surface area (Å²) in [4.78, 5) is 25.3. The molecule has 1 N–H and O–H groups in total. The summed E-state index contributed by atoms with van der Waals surface area (Å²) in [6.45, 7) is 9.81. The number of dihydropyridines is 1. The van der Waals surface area contributed by atoms with Crippen molar-refractivity contribution in [2.24, 2.45) is 0 Å². The third kappa shape index (κ3) is 3.98. The molecule has 1 aliphatic heterocycles. The molecule has 0 unspecified atom stereocenters. The highest BCUT2D eigenvalue weighted by atomic mass is 16.5. The maximum atomic E-state index is 12.7. The van der Waals surface area contributed by atoms with Crippen molar-refractivity contribution < 1.29 is 19.1 Å². The van der Waals surface area contributed by atoms with E-state index in [9.17, 15) is 9.59 Å². The SMILES string of the molecule is CCOC(=O)C1=C(C)NC(C)=C(C(=O)OCC)C1c1ccc(CC)cc1. The van der Waals surface area contributed by atoms with E-state index in [1.807, 2.05) is 38.1 Å². The molecule has 0 bridgehead atoms. The summed E-state index contributed by atoms with van der Waals surface area (Å²) in [7, 11) is 0. The molecule has 0 aliphatic carbocycles. The largest absolute Gasteiger partial charge is 0.463 e. The normalized spacial score (nSPS) is 15.0. The van der Waals surface area contributed by atoms with Crippen LogP contribution in [0.1, 0.15) is 51.7 Å². The molecule has 1 heterocycles. The van der Waals surface area contributed by atoms with Crippen molar-refractivity contribution in [3.8, 4) is 0 Å². The summed E-state index contributed by atoms with van der Waals surface area (Å²) in [5.74, 6) is -1.35. The minimum atomic E-state index is -0.514. The highest BCUT2D eigenvalue weighted by molar-refractivity contribution is 5.99. The van der Waals surface area contributed by atoms with Gasteiger partial charge in [0.15, 0.2) is 0 Å². The van der Waals surface area contributed by atoms with Crippen molar-refractivity contribution in [1.29, 1.82) is 0 Å². The summed E-state index contributed by atoms with van der Waals surface area (Å²) >= 11 is 0. The maximum Gasteiger partial charge on any atom is 0.336 e. The molecular weight excluding hydrogens is 330 g/mol. The number of rotatable bonds is 6. The molecule has 2 rings (SSSR count). The van der Waals surface area contributed by atoms with Gasteiger partial charge in [-0.15, -0.1) is 0 Å². The zero-order valence-corrected chi connectivity index (χ0v) is 16.1. The first kappa shape index (κ1) is 19.8. The van der Waals surface area contributed by atoms with Gasteiger partial charge in [-0.05, 0) is 45.2 Å². The predicted octanol–water partition coefficient (Wildman–Crippen LogP) is 3.61. The van der Waals surface area contributed by atoms with Gasteiger partial charge in [0.2, 0.25) is 0 Å². The van der Waals surface area contributed by atoms with Crippen LogP contribution in [0.5, 0.6) is 0 Å². The number of esters is 2. The van der Waals surface area contributed by atoms with Gasteiger partial charge in [-0.1, -0.05) is 31.2 Å². The minimum Gasteiger partial charge on any atom is -0.463 e. The lowest BCUT2D eigenvalue weighted by atomic mass is 9.80. The van der Waals surface area contributed by atoms with Crippen LogP contribution in [0, 0.1) is 0 Å². The number of nitrogens with one attached hydrogen (secondary N) is 1. The van der Waals surface area contributed by atoms with E-state index in [0.717, 1.165) is 12.0 Å². The van der Waals surface area contributed by atoms with E-state index in [-0.39, 0.29) is 13.2 Å². The van der Waals surface area contributed by atoms with Crippen LogP contribution in [0.3, 0.4) is 0 Å². The van der Waals surface area contributed by atoms with E-state index >= 15 is 0 Å². The van der Waals surface area contributed by atoms with Crippen LogP contribution < -0.4 is 5.32 Å². The molecule has 5 nitrogen and oxygen atoms in total. The first-order valence-electron chi connectivity index (χ1n) is 9.06. The van der Waals surface area contributed by atoms with E-state index in [1.54, 1.807) is 13.8 Å². The molecule has 0 amide bonds. The molecule has 26 heavy (non-hydrogen) atoms. The van der Waals surface area contributed by atoms with E-state index < -0.39 is 17.9 Å². The number of carbonyl (C=O) groups is 2. The smallest absolute Gasteiger partial charge is 0.336 e. The second-order valence-corrected chi connectivity index (χ2v) is 6.17. The number of hydrogen-bond acceptors (Lipinski definition) is 5. The third-order valence-corrected chi connectivity index (χ3v) is 4.47. The molecule has 0 atom stereocenters. The van der Waals surface area contributed by atoms with Gasteiger partial charge >= 0.3 is 11.9 Å². The molecule has 0 fully saturated rings. The number of ether oxygens (including phenoxy) is 2. The van der Waals surface area contributed by atoms with Gasteiger partial charge in [-0.25, -0.2) is 9.59 Å². The van der Waals surface area contributed by atoms with Crippen molar-refractivity contribution in [1.82, 2.24) is 5.32 Å². The average molecular weight is 357 g/mol. The van der Waals surface area contributed by atoms with Crippen LogP contribution in [0.2, 0.25) is 0 Å². The van der Waals surface area contributed by atoms with Crippen molar-refractivity contribution in [3.63, 3.8) is 0 Å². The average Bonchev–Trinajstić information content (AvgIpc) is 2.61. The Labute approximate surface area is 155 Å². The molecule has 0 radical (unpaired) electrons. The molecular formula is C21H27NO4. The number of hydrogen-bond donors (Lipinski definition) is 1. The Morgan fingerprint density at radius 1 is 0.885 bits per heavy atom. The Kier molecular flexibility index (Phi) is 6.61. The van der Waals surface area contributed by atoms with E-state index in [0.29, 0.717) is 22.5 Å². The Morgan fingerprint density at radius 3 is 1.73 bits per heavy atom. The molecule has 0 aromatic heterocycles. The Bertz CT molecular complexity index is 704. The molecule has 0 saturated carbocycles. The molecule has 1 aromatic rings. The van der Waals surface area contributed by atoms with Crippen LogP contribution in [-0.2, 0) is 25.5 Å². The fourth-order valence-corrected chi connectivity index (χ4v) is 3.23. The fourth-order valence-electron chi connectivity index (χ4n) is 3.23. The van der Waals surface area contributed by atoms with E-state index in [4.69, 9.17) is 9.47 Å². The number of carbonyl (C=O) groups excluding carboxylic acids is 2. The summed E-state index contributed by atoms with van der Waals surface area (Å²) in [5, 5.41) is 3.14.